The van der Waals surface area contributed by atoms with Gasteiger partial charge in [0.05, 0.1) is 22.6 Å². The number of carbonyl (C=O) groups excluding carboxylic acids is 1. The van der Waals surface area contributed by atoms with Crippen molar-refractivity contribution in [2.75, 3.05) is 11.1 Å². The van der Waals surface area contributed by atoms with Gasteiger partial charge in [0.1, 0.15) is 10.7 Å². The zero-order valence-electron chi connectivity index (χ0n) is 12.5. The minimum absolute atomic E-state index is 0.111. The maximum absolute atomic E-state index is 12.0. The summed E-state index contributed by atoms with van der Waals surface area (Å²) in [5.41, 5.74) is 0.761. The number of aryl methyl sites for hydroxylation is 2. The normalized spacial score (nSPS) is 11.0. The second kappa shape index (κ2) is 6.81. The summed E-state index contributed by atoms with van der Waals surface area (Å²) < 4.78 is 0. The van der Waals surface area contributed by atoms with Gasteiger partial charge in [-0.2, -0.15) is 0 Å². The van der Waals surface area contributed by atoms with Crippen molar-refractivity contribution in [3.05, 3.63) is 38.2 Å². The Kier molecular flexibility index (Phi) is 4.79. The molecular weight excluding hydrogens is 352 g/mol. The summed E-state index contributed by atoms with van der Waals surface area (Å²) in [4.78, 5) is 37.0. The molecule has 0 aliphatic heterocycles. The van der Waals surface area contributed by atoms with Crippen LogP contribution in [-0.2, 0) is 10.5 Å². The van der Waals surface area contributed by atoms with Crippen LogP contribution >= 0.6 is 34.4 Å². The van der Waals surface area contributed by atoms with E-state index in [1.54, 1.807) is 0 Å². The number of anilines is 1. The van der Waals surface area contributed by atoms with Crippen molar-refractivity contribution in [3.63, 3.8) is 0 Å². The first-order chi connectivity index (χ1) is 11.0. The van der Waals surface area contributed by atoms with Crippen LogP contribution in [0.5, 0.6) is 0 Å². The SMILES string of the molecule is Cc1csc(NC(=O)CSCc2nc3sc(C)cc3c(=O)[nH]2)n1. The predicted molar refractivity (Wildman–Crippen MR) is 96.6 cm³/mol. The van der Waals surface area contributed by atoms with E-state index in [1.165, 1.54) is 34.4 Å². The fourth-order valence-corrected chi connectivity index (χ4v) is 4.27. The van der Waals surface area contributed by atoms with Crippen LogP contribution in [0.2, 0.25) is 0 Å². The molecule has 0 spiro atoms. The molecule has 120 valence electrons. The van der Waals surface area contributed by atoms with E-state index in [4.69, 9.17) is 0 Å². The fourth-order valence-electron chi connectivity index (χ4n) is 1.97. The van der Waals surface area contributed by atoms with Gasteiger partial charge < -0.3 is 10.3 Å². The van der Waals surface area contributed by atoms with Gasteiger partial charge in [-0.05, 0) is 19.9 Å². The number of rotatable bonds is 5. The predicted octanol–water partition coefficient (Wildman–Crippen LogP) is 2.93. The molecule has 0 aliphatic rings. The first kappa shape index (κ1) is 16.2. The average Bonchev–Trinajstić information content (AvgIpc) is 3.04. The molecule has 0 aliphatic carbocycles. The molecule has 0 radical (unpaired) electrons. The lowest BCUT2D eigenvalue weighted by Crippen LogP contribution is -2.15. The van der Waals surface area contributed by atoms with Crippen molar-refractivity contribution < 1.29 is 4.79 Å². The molecule has 3 aromatic rings. The number of fused-ring (bicyclic) bond motifs is 1. The van der Waals surface area contributed by atoms with Gasteiger partial charge in [0.2, 0.25) is 5.91 Å². The van der Waals surface area contributed by atoms with Gasteiger partial charge in [-0.15, -0.1) is 34.4 Å². The molecule has 1 amide bonds. The number of thiophene rings is 1. The topological polar surface area (TPSA) is 87.7 Å². The smallest absolute Gasteiger partial charge is 0.259 e. The molecule has 6 nitrogen and oxygen atoms in total. The molecule has 3 rings (SSSR count). The van der Waals surface area contributed by atoms with Crippen LogP contribution in [0.4, 0.5) is 5.13 Å². The lowest BCUT2D eigenvalue weighted by Gasteiger charge is -2.02. The van der Waals surface area contributed by atoms with Crippen LogP contribution in [0.15, 0.2) is 16.2 Å². The molecule has 0 saturated heterocycles. The maximum atomic E-state index is 12.0. The number of H-pyrrole nitrogens is 1. The zero-order chi connectivity index (χ0) is 16.4. The van der Waals surface area contributed by atoms with Crippen LogP contribution in [0.3, 0.4) is 0 Å². The molecule has 23 heavy (non-hydrogen) atoms. The highest BCUT2D eigenvalue weighted by molar-refractivity contribution is 7.99. The molecule has 0 unspecified atom stereocenters. The summed E-state index contributed by atoms with van der Waals surface area (Å²) >= 11 is 4.30. The number of thiazole rings is 1. The molecule has 9 heteroatoms. The summed E-state index contributed by atoms with van der Waals surface area (Å²) in [5.74, 6) is 1.24. The molecule has 0 bridgehead atoms. The molecule has 0 fully saturated rings. The van der Waals surface area contributed by atoms with E-state index in [-0.39, 0.29) is 17.2 Å². The number of hydrogen-bond acceptors (Lipinski definition) is 7. The van der Waals surface area contributed by atoms with Gasteiger partial charge in [0.15, 0.2) is 5.13 Å². The van der Waals surface area contributed by atoms with Gasteiger partial charge in [0, 0.05) is 10.3 Å². The number of amides is 1. The minimum Gasteiger partial charge on any atom is -0.309 e. The fraction of sp³-hybridized carbons (Fsp3) is 0.286. The summed E-state index contributed by atoms with van der Waals surface area (Å²) in [6, 6.07) is 1.84. The number of aromatic amines is 1. The van der Waals surface area contributed by atoms with Gasteiger partial charge in [0.25, 0.3) is 5.56 Å². The second-order valence-electron chi connectivity index (χ2n) is 4.92. The maximum Gasteiger partial charge on any atom is 0.259 e. The lowest BCUT2D eigenvalue weighted by atomic mass is 10.4. The number of thioether (sulfide) groups is 1. The standard InChI is InChI=1S/C14H14N4O2S3/c1-7-4-22-14(15-7)18-11(19)6-21-5-10-16-12(20)9-3-8(2)23-13(9)17-10/h3-4H,5-6H2,1-2H3,(H,15,18,19)(H,16,17,20). The monoisotopic (exact) mass is 366 g/mol. The van der Waals surface area contributed by atoms with Crippen molar-refractivity contribution in [2.24, 2.45) is 0 Å². The second-order valence-corrected chi connectivity index (χ2v) is 8.00. The Morgan fingerprint density at radius 1 is 1.39 bits per heavy atom. The number of nitrogens with one attached hydrogen (secondary N) is 2. The zero-order valence-corrected chi connectivity index (χ0v) is 15.0. The number of carbonyl (C=O) groups is 1. The Labute approximate surface area is 144 Å². The lowest BCUT2D eigenvalue weighted by molar-refractivity contribution is -0.113. The summed E-state index contributed by atoms with van der Waals surface area (Å²) in [6.45, 7) is 3.83. The van der Waals surface area contributed by atoms with Crippen LogP contribution in [0.25, 0.3) is 10.2 Å². The Hall–Kier alpha value is -1.71. The van der Waals surface area contributed by atoms with Gasteiger partial charge in [-0.1, -0.05) is 0 Å². The van der Waals surface area contributed by atoms with E-state index in [2.05, 4.69) is 20.3 Å². The highest BCUT2D eigenvalue weighted by Crippen LogP contribution is 2.21. The van der Waals surface area contributed by atoms with E-state index in [0.29, 0.717) is 22.1 Å². The van der Waals surface area contributed by atoms with Crippen molar-refractivity contribution >= 4 is 55.7 Å². The number of aromatic nitrogens is 3. The van der Waals surface area contributed by atoms with Crippen LogP contribution in [-0.4, -0.2) is 26.6 Å². The third kappa shape index (κ3) is 3.98. The molecular formula is C14H14N4O2S3. The number of nitrogens with zero attached hydrogens (tertiary/aromatic N) is 2. The Morgan fingerprint density at radius 3 is 2.96 bits per heavy atom. The molecule has 0 saturated carbocycles. The van der Waals surface area contributed by atoms with Crippen molar-refractivity contribution in [3.8, 4) is 0 Å². The summed E-state index contributed by atoms with van der Waals surface area (Å²) in [6.07, 6.45) is 0. The highest BCUT2D eigenvalue weighted by Gasteiger charge is 2.09. The van der Waals surface area contributed by atoms with Crippen LogP contribution in [0.1, 0.15) is 16.4 Å². The van der Waals surface area contributed by atoms with E-state index in [9.17, 15) is 9.59 Å². The Balaban J connectivity index is 1.58. The molecule has 0 atom stereocenters. The van der Waals surface area contributed by atoms with E-state index in [1.807, 2.05) is 25.3 Å². The summed E-state index contributed by atoms with van der Waals surface area (Å²) in [5, 5.41) is 5.87. The Bertz CT molecular complexity index is 912. The Morgan fingerprint density at radius 2 is 2.22 bits per heavy atom. The van der Waals surface area contributed by atoms with Crippen molar-refractivity contribution in [2.45, 2.75) is 19.6 Å². The van der Waals surface area contributed by atoms with E-state index in [0.717, 1.165) is 15.4 Å². The highest BCUT2D eigenvalue weighted by atomic mass is 32.2. The third-order valence-corrected chi connectivity index (χ3v) is 5.68. The third-order valence-electron chi connectivity index (χ3n) is 2.91. The first-order valence-corrected chi connectivity index (χ1v) is 9.65. The van der Waals surface area contributed by atoms with Gasteiger partial charge in [-0.25, -0.2) is 9.97 Å². The van der Waals surface area contributed by atoms with E-state index < -0.39 is 0 Å². The minimum atomic E-state index is -0.127. The van der Waals surface area contributed by atoms with Crippen molar-refractivity contribution in [1.82, 2.24) is 15.0 Å². The number of hydrogen-bond donors (Lipinski definition) is 2. The van der Waals surface area contributed by atoms with Gasteiger partial charge >= 0.3 is 0 Å². The quantitative estimate of drug-likeness (QED) is 0.725. The van der Waals surface area contributed by atoms with Crippen LogP contribution < -0.4 is 10.9 Å². The molecule has 0 aromatic carbocycles. The summed E-state index contributed by atoms with van der Waals surface area (Å²) in [7, 11) is 0. The van der Waals surface area contributed by atoms with Gasteiger partial charge in [-0.3, -0.25) is 9.59 Å². The first-order valence-electron chi connectivity index (χ1n) is 6.80. The van der Waals surface area contributed by atoms with Crippen molar-refractivity contribution in [1.29, 1.82) is 0 Å². The van der Waals surface area contributed by atoms with E-state index >= 15 is 0 Å². The molecule has 3 heterocycles. The largest absolute Gasteiger partial charge is 0.309 e. The molecule has 2 N–H and O–H groups in total. The van der Waals surface area contributed by atoms with Crippen LogP contribution in [0, 0.1) is 13.8 Å². The average molecular weight is 366 g/mol. The molecule has 3 aromatic heterocycles.